The van der Waals surface area contributed by atoms with E-state index in [0.717, 1.165) is 51.3 Å². The van der Waals surface area contributed by atoms with Crippen LogP contribution in [0.25, 0.3) is 0 Å². The second-order valence-electron chi connectivity index (χ2n) is 7.95. The molecule has 0 radical (unpaired) electrons. The van der Waals surface area contributed by atoms with Gasteiger partial charge in [-0.1, -0.05) is 12.1 Å². The van der Waals surface area contributed by atoms with Crippen molar-refractivity contribution in [2.75, 3.05) is 36.1 Å². The fourth-order valence-corrected chi connectivity index (χ4v) is 3.82. The van der Waals surface area contributed by atoms with E-state index in [1.807, 2.05) is 11.0 Å². The van der Waals surface area contributed by atoms with Crippen LogP contribution in [0.4, 0.5) is 11.4 Å². The fraction of sp³-hybridized carbons (Fsp3) is 0.650. The molecule has 24 heavy (non-hydrogen) atoms. The number of hydrogen-bond donors (Lipinski definition) is 0. The smallest absolute Gasteiger partial charge is 0.227 e. The summed E-state index contributed by atoms with van der Waals surface area (Å²) in [4.78, 5) is 17.2. The van der Waals surface area contributed by atoms with Gasteiger partial charge in [0.05, 0.1) is 11.4 Å². The Morgan fingerprint density at radius 1 is 1.12 bits per heavy atom. The van der Waals surface area contributed by atoms with Crippen LogP contribution in [0.15, 0.2) is 24.3 Å². The van der Waals surface area contributed by atoms with Gasteiger partial charge in [-0.15, -0.1) is 0 Å². The van der Waals surface area contributed by atoms with E-state index in [1.54, 1.807) is 0 Å². The molecule has 0 spiro atoms. The molecule has 1 fully saturated rings. The first-order chi connectivity index (χ1) is 11.5. The van der Waals surface area contributed by atoms with E-state index in [9.17, 15) is 4.79 Å². The Kier molecular flexibility index (Phi) is 5.14. The summed E-state index contributed by atoms with van der Waals surface area (Å²) in [5.41, 5.74) is 2.30. The molecule has 4 nitrogen and oxygen atoms in total. The van der Waals surface area contributed by atoms with Crippen LogP contribution in [0.1, 0.15) is 46.5 Å². The first-order valence-electron chi connectivity index (χ1n) is 9.21. The van der Waals surface area contributed by atoms with Gasteiger partial charge in [-0.05, 0) is 58.1 Å². The van der Waals surface area contributed by atoms with Crippen molar-refractivity contribution in [3.05, 3.63) is 24.3 Å². The Labute approximate surface area is 145 Å². The third kappa shape index (κ3) is 3.75. The lowest BCUT2D eigenvalue weighted by Gasteiger charge is -2.45. The Hall–Kier alpha value is -1.55. The lowest BCUT2D eigenvalue weighted by molar-refractivity contribution is -0.119. The average molecular weight is 330 g/mol. The van der Waals surface area contributed by atoms with Crippen molar-refractivity contribution < 1.29 is 9.53 Å². The summed E-state index contributed by atoms with van der Waals surface area (Å²) in [5.74, 6) is 0.913. The molecule has 0 bridgehead atoms. The van der Waals surface area contributed by atoms with E-state index in [0.29, 0.717) is 12.3 Å². The monoisotopic (exact) mass is 330 g/mol. The number of benzene rings is 1. The zero-order valence-corrected chi connectivity index (χ0v) is 15.3. The molecule has 0 N–H and O–H groups in total. The lowest BCUT2D eigenvalue weighted by atomic mass is 9.94. The van der Waals surface area contributed by atoms with Crippen LogP contribution in [0.3, 0.4) is 0 Å². The standard InChI is InChI=1S/C20H30N2O2/c1-20(2,3)22-13-12-21(17-6-4-5-7-18(17)22)19(23)9-8-16-10-14-24-15-11-16/h4-7,16H,8-15H2,1-3H3. The van der Waals surface area contributed by atoms with Gasteiger partial charge in [-0.3, -0.25) is 4.79 Å². The topological polar surface area (TPSA) is 32.8 Å². The van der Waals surface area contributed by atoms with Crippen LogP contribution in [0.5, 0.6) is 0 Å². The third-order valence-electron chi connectivity index (χ3n) is 5.23. The summed E-state index contributed by atoms with van der Waals surface area (Å²) >= 11 is 0. The number of carbonyl (C=O) groups excluding carboxylic acids is 1. The van der Waals surface area contributed by atoms with E-state index in [2.05, 4.69) is 43.9 Å². The van der Waals surface area contributed by atoms with Crippen molar-refractivity contribution in [2.24, 2.45) is 5.92 Å². The minimum atomic E-state index is 0.0628. The van der Waals surface area contributed by atoms with Crippen LogP contribution in [0.2, 0.25) is 0 Å². The van der Waals surface area contributed by atoms with Gasteiger partial charge in [0.2, 0.25) is 5.91 Å². The molecule has 0 unspecified atom stereocenters. The summed E-state index contributed by atoms with van der Waals surface area (Å²) in [5, 5.41) is 0. The van der Waals surface area contributed by atoms with Crippen LogP contribution < -0.4 is 9.80 Å². The SMILES string of the molecule is CC(C)(C)N1CCN(C(=O)CCC2CCOCC2)c2ccccc21. The Balaban J connectivity index is 1.70. The first kappa shape index (κ1) is 17.3. The van der Waals surface area contributed by atoms with Crippen LogP contribution in [-0.2, 0) is 9.53 Å². The first-order valence-corrected chi connectivity index (χ1v) is 9.21. The molecule has 132 valence electrons. The highest BCUT2D eigenvalue weighted by molar-refractivity contribution is 5.98. The molecule has 1 saturated heterocycles. The lowest BCUT2D eigenvalue weighted by Crippen LogP contribution is -2.51. The minimum Gasteiger partial charge on any atom is -0.381 e. The quantitative estimate of drug-likeness (QED) is 0.844. The molecule has 2 heterocycles. The normalized spacial score (nSPS) is 19.3. The van der Waals surface area contributed by atoms with Gasteiger partial charge in [0.1, 0.15) is 0 Å². The molecule has 0 saturated carbocycles. The van der Waals surface area contributed by atoms with Crippen molar-refractivity contribution in [1.82, 2.24) is 0 Å². The second kappa shape index (κ2) is 7.14. The number of para-hydroxylation sites is 2. The number of ether oxygens (including phenoxy) is 1. The van der Waals surface area contributed by atoms with Gasteiger partial charge in [-0.2, -0.15) is 0 Å². The van der Waals surface area contributed by atoms with Crippen LogP contribution in [0, 0.1) is 5.92 Å². The molecule has 2 aliphatic rings. The molecular weight excluding hydrogens is 300 g/mol. The maximum atomic E-state index is 12.8. The summed E-state index contributed by atoms with van der Waals surface area (Å²) in [6, 6.07) is 8.31. The van der Waals surface area contributed by atoms with Gasteiger partial charge >= 0.3 is 0 Å². The molecule has 4 heteroatoms. The Morgan fingerprint density at radius 2 is 1.79 bits per heavy atom. The fourth-order valence-electron chi connectivity index (χ4n) is 3.82. The molecule has 0 aliphatic carbocycles. The second-order valence-corrected chi connectivity index (χ2v) is 7.95. The zero-order valence-electron chi connectivity index (χ0n) is 15.3. The predicted molar refractivity (Wildman–Crippen MR) is 98.7 cm³/mol. The maximum absolute atomic E-state index is 12.8. The summed E-state index contributed by atoms with van der Waals surface area (Å²) in [6.45, 7) is 10.1. The van der Waals surface area contributed by atoms with Gasteiger partial charge in [-0.25, -0.2) is 0 Å². The number of fused-ring (bicyclic) bond motifs is 1. The van der Waals surface area contributed by atoms with Crippen molar-refractivity contribution in [3.8, 4) is 0 Å². The summed E-state index contributed by atoms with van der Waals surface area (Å²) in [7, 11) is 0. The highest BCUT2D eigenvalue weighted by Gasteiger charge is 2.31. The summed E-state index contributed by atoms with van der Waals surface area (Å²) in [6.07, 6.45) is 3.84. The van der Waals surface area contributed by atoms with Gasteiger partial charge in [0.15, 0.2) is 0 Å². The third-order valence-corrected chi connectivity index (χ3v) is 5.23. The molecule has 1 aromatic rings. The van der Waals surface area contributed by atoms with Crippen molar-refractivity contribution in [2.45, 2.75) is 52.0 Å². The van der Waals surface area contributed by atoms with Crippen LogP contribution in [-0.4, -0.2) is 37.7 Å². The number of nitrogens with zero attached hydrogens (tertiary/aromatic N) is 2. The molecule has 3 rings (SSSR count). The molecule has 1 amide bonds. The largest absolute Gasteiger partial charge is 0.381 e. The highest BCUT2D eigenvalue weighted by Crippen LogP contribution is 2.37. The molecular formula is C20H30N2O2. The number of anilines is 2. The highest BCUT2D eigenvalue weighted by atomic mass is 16.5. The molecule has 0 aromatic heterocycles. The zero-order chi connectivity index (χ0) is 17.2. The van der Waals surface area contributed by atoms with E-state index in [4.69, 9.17) is 4.74 Å². The number of hydrogen-bond acceptors (Lipinski definition) is 3. The van der Waals surface area contributed by atoms with Gasteiger partial charge in [0.25, 0.3) is 0 Å². The minimum absolute atomic E-state index is 0.0628. The number of amides is 1. The van der Waals surface area contributed by atoms with Gasteiger partial charge < -0.3 is 14.5 Å². The van der Waals surface area contributed by atoms with Gasteiger partial charge in [0, 0.05) is 38.3 Å². The maximum Gasteiger partial charge on any atom is 0.227 e. The van der Waals surface area contributed by atoms with Crippen LogP contribution >= 0.6 is 0 Å². The van der Waals surface area contributed by atoms with E-state index < -0.39 is 0 Å². The summed E-state index contributed by atoms with van der Waals surface area (Å²) < 4.78 is 5.41. The van der Waals surface area contributed by atoms with Crippen molar-refractivity contribution in [3.63, 3.8) is 0 Å². The predicted octanol–water partition coefficient (Wildman–Crippen LogP) is 3.84. The van der Waals surface area contributed by atoms with Crippen molar-refractivity contribution >= 4 is 17.3 Å². The molecule has 2 aliphatic heterocycles. The number of rotatable bonds is 3. The van der Waals surface area contributed by atoms with E-state index in [-0.39, 0.29) is 11.4 Å². The van der Waals surface area contributed by atoms with Crippen molar-refractivity contribution in [1.29, 1.82) is 0 Å². The molecule has 0 atom stereocenters. The Bertz CT molecular complexity index is 573. The Morgan fingerprint density at radius 3 is 2.46 bits per heavy atom. The average Bonchev–Trinajstić information content (AvgIpc) is 2.58. The van der Waals surface area contributed by atoms with E-state index >= 15 is 0 Å². The molecule has 1 aromatic carbocycles. The number of carbonyl (C=O) groups is 1. The van der Waals surface area contributed by atoms with E-state index in [1.165, 1.54) is 5.69 Å².